The molecule has 1 aliphatic carbocycles. The van der Waals surface area contributed by atoms with E-state index in [2.05, 4.69) is 48.8 Å². The number of aryl methyl sites for hydroxylation is 1. The van der Waals surface area contributed by atoms with Crippen LogP contribution >= 0.6 is 0 Å². The maximum absolute atomic E-state index is 15.4. The molecule has 1 atom stereocenters. The van der Waals surface area contributed by atoms with Crippen LogP contribution in [0.25, 0.3) is 11.1 Å². The highest BCUT2D eigenvalue weighted by molar-refractivity contribution is 6.07. The van der Waals surface area contributed by atoms with Gasteiger partial charge in [-0.2, -0.15) is 0 Å². The summed E-state index contributed by atoms with van der Waals surface area (Å²) in [5, 5.41) is 16.2. The highest BCUT2D eigenvalue weighted by atomic mass is 19.1. The summed E-state index contributed by atoms with van der Waals surface area (Å²) in [6.07, 6.45) is 7.30. The third-order valence-electron chi connectivity index (χ3n) is 13.4. The van der Waals surface area contributed by atoms with Gasteiger partial charge in [-0.05, 0) is 83.3 Å². The van der Waals surface area contributed by atoms with Crippen molar-refractivity contribution < 1.29 is 28.7 Å². The lowest BCUT2D eigenvalue weighted by Crippen LogP contribution is -2.52. The number of nitrogens with zero attached hydrogens (tertiary/aromatic N) is 8. The number of hydrogen-bond donors (Lipinski definition) is 3. The fraction of sp³-hybridized carbons (Fsp3) is 0.383. The fourth-order valence-electron chi connectivity index (χ4n) is 10.2. The van der Waals surface area contributed by atoms with Crippen molar-refractivity contribution in [3.05, 3.63) is 116 Å². The minimum atomic E-state index is -0.803. The van der Waals surface area contributed by atoms with Crippen LogP contribution in [0.4, 0.5) is 27.4 Å². The number of piperidine rings is 1. The van der Waals surface area contributed by atoms with Crippen molar-refractivity contribution in [3.8, 4) is 11.1 Å². The molecular formula is C47H49FN10O6. The van der Waals surface area contributed by atoms with Crippen molar-refractivity contribution in [1.82, 2.24) is 34.2 Å². The standard InChI is InChI=1S/C47H49FN10O6/c1-47(2)20-28-19-37-45(63)57(15-14-56(37)38(28)21-47)42-33(26-59)32(8-9-49-42)29-18-35(44(62)53(3)24-29)51-39-6-4-31(22-50-39)55-12-10-54(11-13-55)23-27-16-30-25-58(46(64)41(30)34(48)17-27)36-5-7-40(60)52-43(36)61/h4,6,8-9,16-19,22,24,36,59H,5,7,10-15,20-21,23,25-26H2,1-3H3,(H,50,51)(H,52,60,61). The van der Waals surface area contributed by atoms with Gasteiger partial charge in [0.1, 0.15) is 34.9 Å². The quantitative estimate of drug-likeness (QED) is 0.183. The zero-order valence-corrected chi connectivity index (χ0v) is 36.0. The number of hydrogen-bond acceptors (Lipinski definition) is 11. The Bertz CT molecular complexity index is 2830. The number of piperazine rings is 1. The van der Waals surface area contributed by atoms with E-state index in [0.29, 0.717) is 85.4 Å². The van der Waals surface area contributed by atoms with E-state index in [4.69, 9.17) is 0 Å². The molecule has 0 bridgehead atoms. The van der Waals surface area contributed by atoms with Crippen molar-refractivity contribution in [3.63, 3.8) is 0 Å². The number of benzene rings is 1. The van der Waals surface area contributed by atoms with Crippen molar-refractivity contribution in [2.24, 2.45) is 12.5 Å². The van der Waals surface area contributed by atoms with Gasteiger partial charge in [-0.1, -0.05) is 19.9 Å². The summed E-state index contributed by atoms with van der Waals surface area (Å²) >= 11 is 0. The normalized spacial score (nSPS) is 19.5. The van der Waals surface area contributed by atoms with Crippen LogP contribution in [0.15, 0.2) is 65.8 Å². The van der Waals surface area contributed by atoms with Gasteiger partial charge in [0.25, 0.3) is 17.4 Å². The minimum absolute atomic E-state index is 0.00903. The Morgan fingerprint density at radius 3 is 2.48 bits per heavy atom. The average Bonchev–Trinajstić information content (AvgIpc) is 3.89. The van der Waals surface area contributed by atoms with Gasteiger partial charge in [-0.25, -0.2) is 14.4 Å². The van der Waals surface area contributed by atoms with E-state index in [1.807, 2.05) is 24.3 Å². The Morgan fingerprint density at radius 2 is 1.73 bits per heavy atom. The zero-order chi connectivity index (χ0) is 44.6. The molecule has 0 saturated carbocycles. The summed E-state index contributed by atoms with van der Waals surface area (Å²) in [5.41, 5.74) is 7.28. The monoisotopic (exact) mass is 868 g/mol. The molecule has 17 heteroatoms. The number of anilines is 4. The number of aliphatic hydroxyl groups excluding tert-OH is 1. The molecule has 2 saturated heterocycles. The summed E-state index contributed by atoms with van der Waals surface area (Å²) in [6.45, 7) is 8.61. The highest BCUT2D eigenvalue weighted by Crippen LogP contribution is 2.40. The lowest BCUT2D eigenvalue weighted by Gasteiger charge is -2.36. The van der Waals surface area contributed by atoms with E-state index >= 15 is 4.39 Å². The number of aromatic nitrogens is 4. The highest BCUT2D eigenvalue weighted by Gasteiger charge is 2.41. The van der Waals surface area contributed by atoms with Crippen LogP contribution in [-0.4, -0.2) is 96.4 Å². The molecule has 0 radical (unpaired) electrons. The molecule has 8 heterocycles. The molecule has 5 aromatic rings. The van der Waals surface area contributed by atoms with Crippen LogP contribution < -0.4 is 26.0 Å². The maximum Gasteiger partial charge on any atom is 0.276 e. The first kappa shape index (κ1) is 41.3. The first-order valence-corrected chi connectivity index (χ1v) is 21.7. The number of imide groups is 1. The number of aliphatic hydroxyl groups is 1. The third kappa shape index (κ3) is 7.31. The van der Waals surface area contributed by atoms with Gasteiger partial charge in [0.2, 0.25) is 11.8 Å². The molecular weight excluding hydrogens is 820 g/mol. The summed E-state index contributed by atoms with van der Waals surface area (Å²) in [5.74, 6) is -1.31. The van der Waals surface area contributed by atoms with Gasteiger partial charge in [-0.3, -0.25) is 39.1 Å². The number of pyridine rings is 3. The lowest BCUT2D eigenvalue weighted by molar-refractivity contribution is -0.136. The van der Waals surface area contributed by atoms with Gasteiger partial charge in [0, 0.05) is 95.0 Å². The topological polar surface area (TPSA) is 178 Å². The number of carbonyl (C=O) groups excluding carboxylic acids is 4. The predicted octanol–water partition coefficient (Wildman–Crippen LogP) is 3.89. The first-order chi connectivity index (χ1) is 30.7. The molecule has 2 fully saturated rings. The summed E-state index contributed by atoms with van der Waals surface area (Å²) in [7, 11) is 1.66. The predicted molar refractivity (Wildman–Crippen MR) is 236 cm³/mol. The Hall–Kier alpha value is -6.72. The minimum Gasteiger partial charge on any atom is -0.392 e. The summed E-state index contributed by atoms with van der Waals surface area (Å²) in [4.78, 5) is 81.3. The second-order valence-electron chi connectivity index (χ2n) is 18.3. The van der Waals surface area contributed by atoms with Gasteiger partial charge < -0.3 is 29.4 Å². The SMILES string of the molecule is Cn1cc(-c2ccnc(N3CCn4c(cc5c4CC(C)(C)C5)C3=O)c2CO)cc(Nc2ccc(N3CCN(Cc4cc(F)c5c(c4)CN(C4CCC(=O)NC4=O)C5=O)CC3)cn2)c1=O. The summed E-state index contributed by atoms with van der Waals surface area (Å²) in [6, 6.07) is 11.7. The zero-order valence-electron chi connectivity index (χ0n) is 36.0. The number of nitrogens with one attached hydrogen (secondary N) is 2. The van der Waals surface area contributed by atoms with E-state index in [-0.39, 0.29) is 60.0 Å². The Balaban J connectivity index is 0.792. The summed E-state index contributed by atoms with van der Waals surface area (Å²) < 4.78 is 19.0. The lowest BCUT2D eigenvalue weighted by atomic mass is 9.90. The van der Waals surface area contributed by atoms with Gasteiger partial charge in [0.05, 0.1) is 24.1 Å². The number of fused-ring (bicyclic) bond motifs is 4. The molecule has 4 aliphatic heterocycles. The van der Waals surface area contributed by atoms with Crippen LogP contribution in [0.2, 0.25) is 0 Å². The molecule has 330 valence electrons. The molecule has 16 nitrogen and oxygen atoms in total. The smallest absolute Gasteiger partial charge is 0.276 e. The molecule has 0 spiro atoms. The average molecular weight is 869 g/mol. The molecule has 4 amide bonds. The van der Waals surface area contributed by atoms with Gasteiger partial charge in [-0.15, -0.1) is 0 Å². The molecule has 3 N–H and O–H groups in total. The number of halogens is 1. The molecule has 1 unspecified atom stereocenters. The van der Waals surface area contributed by atoms with E-state index in [9.17, 15) is 29.1 Å². The van der Waals surface area contributed by atoms with E-state index in [1.165, 1.54) is 26.8 Å². The number of amides is 4. The van der Waals surface area contributed by atoms with Crippen LogP contribution in [0.3, 0.4) is 0 Å². The molecule has 4 aromatic heterocycles. The first-order valence-electron chi connectivity index (χ1n) is 21.7. The largest absolute Gasteiger partial charge is 0.392 e. The number of rotatable bonds is 9. The Morgan fingerprint density at radius 1 is 0.922 bits per heavy atom. The Kier molecular flexibility index (Phi) is 10.2. The third-order valence-corrected chi connectivity index (χ3v) is 13.4. The van der Waals surface area contributed by atoms with E-state index in [1.54, 1.807) is 42.7 Å². The second-order valence-corrected chi connectivity index (χ2v) is 18.3. The van der Waals surface area contributed by atoms with Crippen LogP contribution in [0.1, 0.15) is 75.5 Å². The Labute approximate surface area is 368 Å². The molecule has 64 heavy (non-hydrogen) atoms. The van der Waals surface area contributed by atoms with Crippen molar-refractivity contribution >= 4 is 46.6 Å². The second kappa shape index (κ2) is 15.8. The van der Waals surface area contributed by atoms with Crippen molar-refractivity contribution in [2.75, 3.05) is 47.8 Å². The van der Waals surface area contributed by atoms with Crippen LogP contribution in [-0.2, 0) is 55.7 Å². The fourth-order valence-corrected chi connectivity index (χ4v) is 10.2. The van der Waals surface area contributed by atoms with Crippen molar-refractivity contribution in [1.29, 1.82) is 0 Å². The molecule has 5 aliphatic rings. The van der Waals surface area contributed by atoms with Crippen LogP contribution in [0.5, 0.6) is 0 Å². The van der Waals surface area contributed by atoms with Gasteiger partial charge in [0.15, 0.2) is 0 Å². The van der Waals surface area contributed by atoms with Crippen molar-refractivity contribution in [2.45, 2.75) is 71.8 Å². The molecule has 1 aromatic carbocycles. The molecule has 10 rings (SSSR count). The maximum atomic E-state index is 15.4. The van der Waals surface area contributed by atoms with Crippen LogP contribution in [0, 0.1) is 11.2 Å². The van der Waals surface area contributed by atoms with E-state index < -0.39 is 23.7 Å². The number of carbonyl (C=O) groups is 4. The van der Waals surface area contributed by atoms with E-state index in [0.717, 1.165) is 24.1 Å². The van der Waals surface area contributed by atoms with Gasteiger partial charge >= 0.3 is 0 Å².